The van der Waals surface area contributed by atoms with E-state index in [2.05, 4.69) is 0 Å². The fourth-order valence-electron chi connectivity index (χ4n) is 0.386. The van der Waals surface area contributed by atoms with Crippen molar-refractivity contribution < 1.29 is 4.79 Å². The Kier molecular flexibility index (Phi) is 3.97. The van der Waals surface area contributed by atoms with Crippen molar-refractivity contribution in [1.29, 1.82) is 0 Å². The van der Waals surface area contributed by atoms with Crippen LogP contribution in [-0.4, -0.2) is 11.8 Å². The van der Waals surface area contributed by atoms with E-state index in [1.165, 1.54) is 6.08 Å². The first-order chi connectivity index (χ1) is 4.18. The Bertz CT molecular complexity index is 116. The molecular weight excluding hydrogens is 114 g/mol. The molecule has 1 unspecified atom stereocenters. The Morgan fingerprint density at radius 3 is 2.67 bits per heavy atom. The predicted octanol–water partition coefficient (Wildman–Crippen LogP) is 0.869. The molecule has 0 rings (SSSR count). The van der Waals surface area contributed by atoms with E-state index in [0.717, 1.165) is 6.42 Å². The molecule has 2 heteroatoms. The monoisotopic (exact) mass is 127 g/mol. The van der Waals surface area contributed by atoms with Gasteiger partial charge >= 0.3 is 0 Å². The molecule has 0 radical (unpaired) electrons. The third kappa shape index (κ3) is 3.91. The fraction of sp³-hybridized carbons (Fsp3) is 0.571. The maximum atomic E-state index is 10.7. The van der Waals surface area contributed by atoms with Gasteiger partial charge in [-0.2, -0.15) is 0 Å². The molecule has 0 aromatic carbocycles. The van der Waals surface area contributed by atoms with Gasteiger partial charge in [0.2, 0.25) is 0 Å². The van der Waals surface area contributed by atoms with Gasteiger partial charge in [-0.15, -0.1) is 0 Å². The number of carbonyl (C=O) groups is 1. The molecule has 1 atom stereocenters. The highest BCUT2D eigenvalue weighted by molar-refractivity contribution is 5.93. The summed E-state index contributed by atoms with van der Waals surface area (Å²) in [5.74, 6) is -0.00292. The number of carbonyl (C=O) groups excluding carboxylic acids is 1. The van der Waals surface area contributed by atoms with Crippen molar-refractivity contribution in [3.8, 4) is 0 Å². The highest BCUT2D eigenvalue weighted by Crippen LogP contribution is 1.84. The Morgan fingerprint density at radius 1 is 1.78 bits per heavy atom. The van der Waals surface area contributed by atoms with Crippen molar-refractivity contribution in [1.82, 2.24) is 0 Å². The van der Waals surface area contributed by atoms with E-state index in [9.17, 15) is 4.79 Å². The highest BCUT2D eigenvalue weighted by Gasteiger charge is 1.99. The maximum absolute atomic E-state index is 10.7. The lowest BCUT2D eigenvalue weighted by atomic mass is 10.2. The molecule has 0 aliphatic heterocycles. The number of ketones is 1. The molecule has 2 N–H and O–H groups in total. The van der Waals surface area contributed by atoms with Gasteiger partial charge in [0.1, 0.15) is 0 Å². The summed E-state index contributed by atoms with van der Waals surface area (Å²) in [6.45, 7) is 3.66. The summed E-state index contributed by atoms with van der Waals surface area (Å²) in [6.07, 6.45) is 4.23. The third-order valence-electron chi connectivity index (χ3n) is 0.967. The number of allylic oxidation sites excluding steroid dienone is 1. The van der Waals surface area contributed by atoms with E-state index in [1.807, 2.05) is 13.0 Å². The average molecular weight is 127 g/mol. The van der Waals surface area contributed by atoms with Crippen molar-refractivity contribution in [2.75, 3.05) is 0 Å². The molecule has 0 aliphatic rings. The van der Waals surface area contributed by atoms with E-state index in [4.69, 9.17) is 5.73 Å². The summed E-state index contributed by atoms with van der Waals surface area (Å²) in [6, 6.07) is -0.354. The van der Waals surface area contributed by atoms with Crippen molar-refractivity contribution in [3.63, 3.8) is 0 Å². The first-order valence-electron chi connectivity index (χ1n) is 3.14. The second-order valence-corrected chi connectivity index (χ2v) is 2.00. The lowest BCUT2D eigenvalue weighted by Crippen LogP contribution is -2.24. The summed E-state index contributed by atoms with van der Waals surface area (Å²) < 4.78 is 0. The molecule has 9 heavy (non-hydrogen) atoms. The molecule has 0 spiro atoms. The van der Waals surface area contributed by atoms with E-state index in [1.54, 1.807) is 6.92 Å². The Balaban J connectivity index is 3.63. The van der Waals surface area contributed by atoms with Crippen LogP contribution >= 0.6 is 0 Å². The van der Waals surface area contributed by atoms with Crippen LogP contribution in [0.2, 0.25) is 0 Å². The molecule has 0 aromatic heterocycles. The molecule has 0 bridgehead atoms. The molecule has 0 aliphatic carbocycles. The minimum Gasteiger partial charge on any atom is -0.321 e. The van der Waals surface area contributed by atoms with Crippen LogP contribution in [0.15, 0.2) is 12.2 Å². The summed E-state index contributed by atoms with van der Waals surface area (Å²) in [7, 11) is 0. The third-order valence-corrected chi connectivity index (χ3v) is 0.967. The minimum absolute atomic E-state index is 0.00292. The minimum atomic E-state index is -0.354. The average Bonchev–Trinajstić information content (AvgIpc) is 1.82. The Labute approximate surface area is 55.7 Å². The quantitative estimate of drug-likeness (QED) is 0.571. The smallest absolute Gasteiger partial charge is 0.171 e. The first kappa shape index (κ1) is 8.37. The lowest BCUT2D eigenvalue weighted by molar-refractivity contribution is -0.115. The molecular formula is C7H13NO. The van der Waals surface area contributed by atoms with Gasteiger partial charge in [-0.1, -0.05) is 13.0 Å². The molecule has 0 heterocycles. The van der Waals surface area contributed by atoms with Crippen molar-refractivity contribution in [2.45, 2.75) is 26.3 Å². The topological polar surface area (TPSA) is 43.1 Å². The lowest BCUT2D eigenvalue weighted by Gasteiger charge is -1.95. The van der Waals surface area contributed by atoms with Crippen LogP contribution < -0.4 is 5.73 Å². The van der Waals surface area contributed by atoms with E-state index >= 15 is 0 Å². The van der Waals surface area contributed by atoms with E-state index in [0.29, 0.717) is 0 Å². The van der Waals surface area contributed by atoms with Gasteiger partial charge in [0.25, 0.3) is 0 Å². The van der Waals surface area contributed by atoms with Crippen LogP contribution in [-0.2, 0) is 4.79 Å². The van der Waals surface area contributed by atoms with Crippen molar-refractivity contribution in [2.24, 2.45) is 5.73 Å². The van der Waals surface area contributed by atoms with Crippen LogP contribution in [0.1, 0.15) is 20.3 Å². The van der Waals surface area contributed by atoms with Crippen LogP contribution in [0.4, 0.5) is 0 Å². The van der Waals surface area contributed by atoms with Crippen LogP contribution in [0.3, 0.4) is 0 Å². The van der Waals surface area contributed by atoms with Gasteiger partial charge in [-0.25, -0.2) is 0 Å². The number of rotatable bonds is 3. The molecule has 0 saturated carbocycles. The van der Waals surface area contributed by atoms with Crippen LogP contribution in [0.5, 0.6) is 0 Å². The summed E-state index contributed by atoms with van der Waals surface area (Å²) in [4.78, 5) is 10.7. The summed E-state index contributed by atoms with van der Waals surface area (Å²) in [5.41, 5.74) is 5.28. The largest absolute Gasteiger partial charge is 0.321 e. The summed E-state index contributed by atoms with van der Waals surface area (Å²) >= 11 is 0. The van der Waals surface area contributed by atoms with Gasteiger partial charge in [-0.3, -0.25) is 4.79 Å². The standard InChI is InChI=1S/C7H13NO/c1-3-4-5-7(9)6(2)8/h4-6H,3,8H2,1-2H3/b5-4+. The zero-order valence-corrected chi connectivity index (χ0v) is 5.92. The zero-order chi connectivity index (χ0) is 7.28. The van der Waals surface area contributed by atoms with E-state index < -0.39 is 0 Å². The van der Waals surface area contributed by atoms with E-state index in [-0.39, 0.29) is 11.8 Å². The SMILES string of the molecule is CC/C=C/C(=O)C(C)N. The van der Waals surface area contributed by atoms with Gasteiger partial charge < -0.3 is 5.73 Å². The van der Waals surface area contributed by atoms with Crippen LogP contribution in [0, 0.1) is 0 Å². The Morgan fingerprint density at radius 2 is 2.33 bits per heavy atom. The maximum Gasteiger partial charge on any atom is 0.171 e. The molecule has 2 nitrogen and oxygen atoms in total. The van der Waals surface area contributed by atoms with Crippen molar-refractivity contribution in [3.05, 3.63) is 12.2 Å². The van der Waals surface area contributed by atoms with Gasteiger partial charge in [0.15, 0.2) is 5.78 Å². The van der Waals surface area contributed by atoms with Crippen LogP contribution in [0.25, 0.3) is 0 Å². The number of hydrogen-bond donors (Lipinski definition) is 1. The number of nitrogens with two attached hydrogens (primary N) is 1. The van der Waals surface area contributed by atoms with Gasteiger partial charge in [0, 0.05) is 0 Å². The fourth-order valence-corrected chi connectivity index (χ4v) is 0.386. The Hall–Kier alpha value is -0.630. The normalized spacial score (nSPS) is 14.1. The molecule has 0 amide bonds. The van der Waals surface area contributed by atoms with Gasteiger partial charge in [-0.05, 0) is 19.4 Å². The molecule has 0 fully saturated rings. The molecule has 52 valence electrons. The second kappa shape index (κ2) is 4.27. The first-order valence-corrected chi connectivity index (χ1v) is 3.14. The van der Waals surface area contributed by atoms with Crippen molar-refractivity contribution >= 4 is 5.78 Å². The predicted molar refractivity (Wildman–Crippen MR) is 38.1 cm³/mol. The highest BCUT2D eigenvalue weighted by atomic mass is 16.1. The molecule has 0 aromatic rings. The van der Waals surface area contributed by atoms with Gasteiger partial charge in [0.05, 0.1) is 6.04 Å². The molecule has 0 saturated heterocycles. The second-order valence-electron chi connectivity index (χ2n) is 2.00. The number of hydrogen-bond acceptors (Lipinski definition) is 2. The zero-order valence-electron chi connectivity index (χ0n) is 5.92. The summed E-state index contributed by atoms with van der Waals surface area (Å²) in [5, 5.41) is 0.